The van der Waals surface area contributed by atoms with Crippen LogP contribution >= 0.6 is 0 Å². The molecule has 1 aromatic carbocycles. The van der Waals surface area contributed by atoms with Gasteiger partial charge in [-0.15, -0.1) is 0 Å². The van der Waals surface area contributed by atoms with Gasteiger partial charge in [-0.25, -0.2) is 10.2 Å². The zero-order valence-electron chi connectivity index (χ0n) is 16.2. The summed E-state index contributed by atoms with van der Waals surface area (Å²) in [6.07, 6.45) is 4.10. The first kappa shape index (κ1) is 20.3. The van der Waals surface area contributed by atoms with E-state index in [-0.39, 0.29) is 5.92 Å². The van der Waals surface area contributed by atoms with Crippen molar-refractivity contribution in [1.82, 2.24) is 20.7 Å². The standard InChI is InChI=1S/C19H25N5O3/c1-12(2)16(23-18(26)27-19(3,4)5)17(25)24-22-11-13-6-7-14-15(10-13)21-9-8-20-14/h6-12,16H,1-5H3,(H,23,26)(H,24,25)/b22-11-/t16-/m0/s1. The summed E-state index contributed by atoms with van der Waals surface area (Å²) >= 11 is 0. The summed E-state index contributed by atoms with van der Waals surface area (Å²) in [6, 6.07) is 4.70. The Hall–Kier alpha value is -3.03. The molecule has 1 heterocycles. The largest absolute Gasteiger partial charge is 0.444 e. The molecule has 2 aromatic rings. The minimum Gasteiger partial charge on any atom is -0.444 e. The van der Waals surface area contributed by atoms with E-state index in [4.69, 9.17) is 4.74 Å². The summed E-state index contributed by atoms with van der Waals surface area (Å²) in [6.45, 7) is 8.93. The first-order valence-corrected chi connectivity index (χ1v) is 8.69. The molecular weight excluding hydrogens is 346 g/mol. The van der Waals surface area contributed by atoms with Crippen LogP contribution in [0.1, 0.15) is 40.2 Å². The third kappa shape index (κ3) is 6.32. The van der Waals surface area contributed by atoms with Crippen LogP contribution < -0.4 is 10.7 Å². The van der Waals surface area contributed by atoms with Crippen LogP contribution in [0.3, 0.4) is 0 Å². The zero-order valence-corrected chi connectivity index (χ0v) is 16.2. The molecule has 0 aliphatic carbocycles. The number of amides is 2. The van der Waals surface area contributed by atoms with E-state index < -0.39 is 23.6 Å². The molecule has 0 unspecified atom stereocenters. The Balaban J connectivity index is 1.99. The number of alkyl carbamates (subject to hydrolysis) is 1. The van der Waals surface area contributed by atoms with Crippen molar-refractivity contribution in [2.75, 3.05) is 0 Å². The summed E-state index contributed by atoms with van der Waals surface area (Å²) in [5.41, 5.74) is 4.09. The van der Waals surface area contributed by atoms with Crippen molar-refractivity contribution in [3.05, 3.63) is 36.2 Å². The van der Waals surface area contributed by atoms with Crippen molar-refractivity contribution in [3.63, 3.8) is 0 Å². The van der Waals surface area contributed by atoms with Gasteiger partial charge in [-0.2, -0.15) is 5.10 Å². The van der Waals surface area contributed by atoms with E-state index in [0.717, 1.165) is 16.6 Å². The molecule has 0 bridgehead atoms. The molecule has 2 rings (SSSR count). The fraction of sp³-hybridized carbons (Fsp3) is 0.421. The number of nitrogens with zero attached hydrogens (tertiary/aromatic N) is 3. The van der Waals surface area contributed by atoms with Gasteiger partial charge in [-0.05, 0) is 44.4 Å². The fourth-order valence-corrected chi connectivity index (χ4v) is 2.27. The van der Waals surface area contributed by atoms with Crippen LogP contribution in [0.2, 0.25) is 0 Å². The maximum absolute atomic E-state index is 12.4. The first-order valence-electron chi connectivity index (χ1n) is 8.69. The van der Waals surface area contributed by atoms with Gasteiger partial charge in [-0.3, -0.25) is 14.8 Å². The molecule has 27 heavy (non-hydrogen) atoms. The molecule has 8 heteroatoms. The molecule has 0 aliphatic rings. The van der Waals surface area contributed by atoms with Gasteiger partial charge in [0.1, 0.15) is 11.6 Å². The number of ether oxygens (including phenoxy) is 1. The van der Waals surface area contributed by atoms with Crippen LogP contribution in [-0.2, 0) is 9.53 Å². The quantitative estimate of drug-likeness (QED) is 0.621. The molecule has 0 saturated heterocycles. The van der Waals surface area contributed by atoms with E-state index in [1.165, 1.54) is 6.21 Å². The third-order valence-electron chi connectivity index (χ3n) is 3.50. The molecule has 144 valence electrons. The Morgan fingerprint density at radius 3 is 2.44 bits per heavy atom. The number of carbonyl (C=O) groups is 2. The van der Waals surface area contributed by atoms with E-state index in [1.807, 2.05) is 32.0 Å². The minimum absolute atomic E-state index is 0.135. The van der Waals surface area contributed by atoms with Crippen molar-refractivity contribution in [1.29, 1.82) is 0 Å². The number of hydrogen-bond acceptors (Lipinski definition) is 6. The lowest BCUT2D eigenvalue weighted by Gasteiger charge is -2.24. The molecule has 2 N–H and O–H groups in total. The molecular formula is C19H25N5O3. The number of hydrazone groups is 1. The molecule has 0 radical (unpaired) electrons. The van der Waals surface area contributed by atoms with Crippen molar-refractivity contribution in [2.45, 2.75) is 46.3 Å². The highest BCUT2D eigenvalue weighted by Crippen LogP contribution is 2.10. The van der Waals surface area contributed by atoms with Gasteiger partial charge in [0.05, 0.1) is 17.2 Å². The van der Waals surface area contributed by atoms with Gasteiger partial charge in [0.15, 0.2) is 0 Å². The minimum atomic E-state index is -0.764. The average Bonchev–Trinajstić information content (AvgIpc) is 2.57. The van der Waals surface area contributed by atoms with Gasteiger partial charge in [0.2, 0.25) is 0 Å². The number of carbonyl (C=O) groups excluding carboxylic acids is 2. The average molecular weight is 371 g/mol. The van der Waals surface area contributed by atoms with E-state index in [9.17, 15) is 9.59 Å². The van der Waals surface area contributed by atoms with E-state index in [1.54, 1.807) is 33.2 Å². The Morgan fingerprint density at radius 2 is 1.81 bits per heavy atom. The lowest BCUT2D eigenvalue weighted by Crippen LogP contribution is -2.49. The number of nitrogens with one attached hydrogen (secondary N) is 2. The van der Waals surface area contributed by atoms with E-state index >= 15 is 0 Å². The Morgan fingerprint density at radius 1 is 1.15 bits per heavy atom. The summed E-state index contributed by atoms with van der Waals surface area (Å²) in [4.78, 5) is 32.7. The smallest absolute Gasteiger partial charge is 0.408 e. The molecule has 0 fully saturated rings. The molecule has 0 spiro atoms. The first-order chi connectivity index (χ1) is 12.7. The topological polar surface area (TPSA) is 106 Å². The van der Waals surface area contributed by atoms with Gasteiger partial charge in [0, 0.05) is 12.4 Å². The normalized spacial score (nSPS) is 13.0. The molecule has 1 aromatic heterocycles. The second kappa shape index (κ2) is 8.57. The lowest BCUT2D eigenvalue weighted by atomic mass is 10.0. The zero-order chi connectivity index (χ0) is 20.0. The fourth-order valence-electron chi connectivity index (χ4n) is 2.27. The number of fused-ring (bicyclic) bond motifs is 1. The number of benzene rings is 1. The predicted octanol–water partition coefficient (Wildman–Crippen LogP) is 2.63. The van der Waals surface area contributed by atoms with Crippen molar-refractivity contribution >= 4 is 29.2 Å². The summed E-state index contributed by atoms with van der Waals surface area (Å²) in [5, 5.41) is 6.55. The van der Waals surface area contributed by atoms with Crippen LogP contribution in [0, 0.1) is 5.92 Å². The van der Waals surface area contributed by atoms with Crippen molar-refractivity contribution in [2.24, 2.45) is 11.0 Å². The number of aromatic nitrogens is 2. The maximum atomic E-state index is 12.4. The van der Waals surface area contributed by atoms with Gasteiger partial charge >= 0.3 is 6.09 Å². The molecule has 0 aliphatic heterocycles. The van der Waals surface area contributed by atoms with Crippen LogP contribution in [-0.4, -0.2) is 39.8 Å². The second-order valence-corrected chi connectivity index (χ2v) is 7.41. The highest BCUT2D eigenvalue weighted by Gasteiger charge is 2.26. The monoisotopic (exact) mass is 371 g/mol. The van der Waals surface area contributed by atoms with Gasteiger partial charge < -0.3 is 10.1 Å². The summed E-state index contributed by atoms with van der Waals surface area (Å²) in [5.74, 6) is -0.559. The maximum Gasteiger partial charge on any atom is 0.408 e. The van der Waals surface area contributed by atoms with Crippen LogP contribution in [0.5, 0.6) is 0 Å². The van der Waals surface area contributed by atoms with Gasteiger partial charge in [0.25, 0.3) is 5.91 Å². The van der Waals surface area contributed by atoms with Crippen LogP contribution in [0.25, 0.3) is 11.0 Å². The summed E-state index contributed by atoms with van der Waals surface area (Å²) < 4.78 is 5.20. The van der Waals surface area contributed by atoms with Crippen molar-refractivity contribution in [3.8, 4) is 0 Å². The van der Waals surface area contributed by atoms with E-state index in [2.05, 4.69) is 25.8 Å². The molecule has 8 nitrogen and oxygen atoms in total. The third-order valence-corrected chi connectivity index (χ3v) is 3.50. The highest BCUT2D eigenvalue weighted by atomic mass is 16.6. The summed E-state index contributed by atoms with van der Waals surface area (Å²) in [7, 11) is 0. The molecule has 1 atom stereocenters. The lowest BCUT2D eigenvalue weighted by molar-refractivity contribution is -0.124. The number of rotatable bonds is 5. The SMILES string of the molecule is CC(C)[C@H](NC(=O)OC(C)(C)C)C(=O)N/N=C\c1ccc2nccnc2c1. The number of hydrogen-bond donors (Lipinski definition) is 2. The Labute approximate surface area is 158 Å². The van der Waals surface area contributed by atoms with Crippen molar-refractivity contribution < 1.29 is 14.3 Å². The second-order valence-electron chi connectivity index (χ2n) is 7.41. The highest BCUT2D eigenvalue weighted by molar-refractivity contribution is 5.89. The molecule has 0 saturated carbocycles. The van der Waals surface area contributed by atoms with Crippen LogP contribution in [0.15, 0.2) is 35.7 Å². The Bertz CT molecular complexity index is 843. The van der Waals surface area contributed by atoms with Crippen LogP contribution in [0.4, 0.5) is 4.79 Å². The predicted molar refractivity (Wildman–Crippen MR) is 103 cm³/mol. The van der Waals surface area contributed by atoms with Gasteiger partial charge in [-0.1, -0.05) is 19.9 Å². The van der Waals surface area contributed by atoms with E-state index in [0.29, 0.717) is 0 Å². The molecule has 2 amide bonds. The Kier molecular flexibility index (Phi) is 6.44.